The maximum absolute atomic E-state index is 13.3. The van der Waals surface area contributed by atoms with Gasteiger partial charge in [-0.05, 0) is 45.2 Å². The van der Waals surface area contributed by atoms with Crippen molar-refractivity contribution in [3.05, 3.63) is 50.8 Å². The molecule has 1 aromatic carbocycles. The number of hydrogen-bond donors (Lipinski definition) is 1. The minimum absolute atomic E-state index is 0.265. The molecule has 138 valence electrons. The second-order valence-electron chi connectivity index (χ2n) is 6.32. The first-order valence-electron chi connectivity index (χ1n) is 8.39. The first-order chi connectivity index (χ1) is 12.2. The van der Waals surface area contributed by atoms with E-state index in [1.54, 1.807) is 6.07 Å². The summed E-state index contributed by atoms with van der Waals surface area (Å²) < 4.78 is 34.8. The topological polar surface area (TPSA) is 72.2 Å². The van der Waals surface area contributed by atoms with Gasteiger partial charge in [-0.25, -0.2) is 8.42 Å². The van der Waals surface area contributed by atoms with Gasteiger partial charge in [-0.2, -0.15) is 0 Å². The quantitative estimate of drug-likeness (QED) is 0.665. The Bertz CT molecular complexity index is 1060. The minimum Gasteiger partial charge on any atom is -0.356 e. The number of nitrogens with zero attached hydrogens (tertiary/aromatic N) is 1. The largest absolute Gasteiger partial charge is 0.356 e. The number of aromatic nitrogens is 1. The van der Waals surface area contributed by atoms with Crippen molar-refractivity contribution in [3.8, 4) is 11.3 Å². The van der Waals surface area contributed by atoms with Gasteiger partial charge in [-0.15, -0.1) is 11.3 Å². The van der Waals surface area contributed by atoms with Gasteiger partial charge >= 0.3 is 0 Å². The van der Waals surface area contributed by atoms with Gasteiger partial charge < -0.3 is 4.52 Å². The number of thiophene rings is 1. The summed E-state index contributed by atoms with van der Waals surface area (Å²) in [5.41, 5.74) is 3.82. The Morgan fingerprint density at radius 1 is 1.15 bits per heavy atom. The van der Waals surface area contributed by atoms with Crippen molar-refractivity contribution in [1.82, 2.24) is 5.16 Å². The number of aryl methyl sites for hydroxylation is 5. The Morgan fingerprint density at radius 2 is 1.88 bits per heavy atom. The molecule has 3 rings (SSSR count). The van der Waals surface area contributed by atoms with Crippen molar-refractivity contribution in [2.75, 3.05) is 4.72 Å². The number of rotatable bonds is 5. The van der Waals surface area contributed by atoms with Gasteiger partial charge in [0, 0.05) is 15.8 Å². The fourth-order valence-electron chi connectivity index (χ4n) is 3.11. The molecule has 0 fully saturated rings. The summed E-state index contributed by atoms with van der Waals surface area (Å²) >= 11 is 1.44. The van der Waals surface area contributed by atoms with Gasteiger partial charge in [-0.1, -0.05) is 30.3 Å². The van der Waals surface area contributed by atoms with E-state index in [1.807, 2.05) is 52.8 Å². The van der Waals surface area contributed by atoms with E-state index in [-0.39, 0.29) is 4.90 Å². The Balaban J connectivity index is 2.15. The molecule has 0 amide bonds. The van der Waals surface area contributed by atoms with Gasteiger partial charge in [-0.3, -0.25) is 4.72 Å². The van der Waals surface area contributed by atoms with E-state index < -0.39 is 10.0 Å². The molecule has 0 aliphatic carbocycles. The highest BCUT2D eigenvalue weighted by Gasteiger charge is 2.29. The SMILES string of the molecule is CCc1cccc(C)c1NS(=O)(=O)c1c(C)sc(C)c1-c1cc(C)no1. The molecule has 0 aliphatic heterocycles. The predicted molar refractivity (Wildman–Crippen MR) is 105 cm³/mol. The Kier molecular flexibility index (Phi) is 4.94. The first-order valence-corrected chi connectivity index (χ1v) is 10.7. The van der Waals surface area contributed by atoms with Crippen LogP contribution in [0.25, 0.3) is 11.3 Å². The van der Waals surface area contributed by atoms with E-state index >= 15 is 0 Å². The zero-order valence-electron chi connectivity index (χ0n) is 15.5. The molecule has 5 nitrogen and oxygen atoms in total. The zero-order chi connectivity index (χ0) is 19.1. The molecular formula is C19H22N2O3S2. The first kappa shape index (κ1) is 18.7. The summed E-state index contributed by atoms with van der Waals surface area (Å²) in [7, 11) is -3.78. The van der Waals surface area contributed by atoms with Crippen LogP contribution in [0.4, 0.5) is 5.69 Å². The van der Waals surface area contributed by atoms with Crippen LogP contribution < -0.4 is 4.72 Å². The standard InChI is InChI=1S/C19H22N2O3S2/c1-6-15-9-7-8-11(2)18(15)21-26(22,23)19-14(5)25-13(4)17(19)16-10-12(3)20-24-16/h7-10,21H,6H2,1-5H3. The van der Waals surface area contributed by atoms with E-state index in [2.05, 4.69) is 9.88 Å². The van der Waals surface area contributed by atoms with Crippen LogP contribution >= 0.6 is 11.3 Å². The normalized spacial score (nSPS) is 11.7. The summed E-state index contributed by atoms with van der Waals surface area (Å²) in [6, 6.07) is 7.55. The lowest BCUT2D eigenvalue weighted by atomic mass is 10.1. The third-order valence-electron chi connectivity index (χ3n) is 4.32. The summed E-state index contributed by atoms with van der Waals surface area (Å²) in [4.78, 5) is 1.88. The Labute approximate surface area is 158 Å². The zero-order valence-corrected chi connectivity index (χ0v) is 17.1. The summed E-state index contributed by atoms with van der Waals surface area (Å²) in [5.74, 6) is 0.477. The average molecular weight is 391 g/mol. The molecule has 0 bridgehead atoms. The van der Waals surface area contributed by atoms with Crippen molar-refractivity contribution < 1.29 is 12.9 Å². The van der Waals surface area contributed by atoms with Gasteiger partial charge in [0.25, 0.3) is 10.0 Å². The Hall–Kier alpha value is -2.12. The number of para-hydroxylation sites is 1. The highest BCUT2D eigenvalue weighted by Crippen LogP contribution is 2.40. The van der Waals surface area contributed by atoms with E-state index in [9.17, 15) is 8.42 Å². The maximum atomic E-state index is 13.3. The molecular weight excluding hydrogens is 368 g/mol. The fraction of sp³-hybridized carbons (Fsp3) is 0.316. The van der Waals surface area contributed by atoms with Crippen LogP contribution in [0.1, 0.15) is 33.5 Å². The van der Waals surface area contributed by atoms with Crippen LogP contribution in [-0.4, -0.2) is 13.6 Å². The highest BCUT2D eigenvalue weighted by atomic mass is 32.2. The van der Waals surface area contributed by atoms with E-state index in [0.717, 1.165) is 27.3 Å². The molecule has 0 saturated carbocycles. The molecule has 26 heavy (non-hydrogen) atoms. The Morgan fingerprint density at radius 3 is 2.50 bits per heavy atom. The van der Waals surface area contributed by atoms with Crippen LogP contribution in [0.15, 0.2) is 33.7 Å². The van der Waals surface area contributed by atoms with Crippen molar-refractivity contribution in [3.63, 3.8) is 0 Å². The molecule has 2 aromatic heterocycles. The van der Waals surface area contributed by atoms with Crippen molar-refractivity contribution >= 4 is 27.0 Å². The second-order valence-corrected chi connectivity index (χ2v) is 9.37. The van der Waals surface area contributed by atoms with Gasteiger partial charge in [0.2, 0.25) is 0 Å². The van der Waals surface area contributed by atoms with Crippen LogP contribution in [0.5, 0.6) is 0 Å². The summed E-state index contributed by atoms with van der Waals surface area (Å²) in [5, 5.41) is 3.91. The van der Waals surface area contributed by atoms with Crippen LogP contribution in [0, 0.1) is 27.7 Å². The molecule has 0 unspecified atom stereocenters. The fourth-order valence-corrected chi connectivity index (χ4v) is 6.15. The van der Waals surface area contributed by atoms with Crippen LogP contribution in [-0.2, 0) is 16.4 Å². The van der Waals surface area contributed by atoms with E-state index in [4.69, 9.17) is 4.52 Å². The third-order valence-corrected chi connectivity index (χ3v) is 7.00. The number of benzene rings is 1. The molecule has 2 heterocycles. The number of sulfonamides is 1. The lowest BCUT2D eigenvalue weighted by Crippen LogP contribution is -2.16. The predicted octanol–water partition coefficient (Wildman–Crippen LogP) is 5.00. The van der Waals surface area contributed by atoms with E-state index in [0.29, 0.717) is 22.7 Å². The number of hydrogen-bond acceptors (Lipinski definition) is 5. The van der Waals surface area contributed by atoms with Gasteiger partial charge in [0.05, 0.1) is 16.9 Å². The third kappa shape index (κ3) is 3.29. The lowest BCUT2D eigenvalue weighted by Gasteiger charge is -2.15. The number of anilines is 1. The second kappa shape index (κ2) is 6.89. The highest BCUT2D eigenvalue weighted by molar-refractivity contribution is 7.93. The average Bonchev–Trinajstić information content (AvgIpc) is 3.11. The molecule has 0 aliphatic rings. The molecule has 3 aromatic rings. The van der Waals surface area contributed by atoms with Crippen molar-refractivity contribution in [2.45, 2.75) is 45.9 Å². The molecule has 0 saturated heterocycles. The van der Waals surface area contributed by atoms with Gasteiger partial charge in [0.1, 0.15) is 4.90 Å². The monoisotopic (exact) mass is 390 g/mol. The lowest BCUT2D eigenvalue weighted by molar-refractivity contribution is 0.426. The van der Waals surface area contributed by atoms with Crippen LogP contribution in [0.3, 0.4) is 0 Å². The van der Waals surface area contributed by atoms with Crippen molar-refractivity contribution in [2.24, 2.45) is 0 Å². The molecule has 1 N–H and O–H groups in total. The van der Waals surface area contributed by atoms with Gasteiger partial charge in [0.15, 0.2) is 5.76 Å². The smallest absolute Gasteiger partial charge is 0.263 e. The summed E-state index contributed by atoms with van der Waals surface area (Å²) in [6.07, 6.45) is 0.745. The summed E-state index contributed by atoms with van der Waals surface area (Å²) in [6.45, 7) is 9.44. The number of nitrogens with one attached hydrogen (secondary N) is 1. The molecule has 7 heteroatoms. The maximum Gasteiger partial charge on any atom is 0.263 e. The molecule has 0 spiro atoms. The van der Waals surface area contributed by atoms with Crippen LogP contribution in [0.2, 0.25) is 0 Å². The minimum atomic E-state index is -3.78. The molecule has 0 atom stereocenters. The molecule has 0 radical (unpaired) electrons. The van der Waals surface area contributed by atoms with E-state index in [1.165, 1.54) is 11.3 Å². The van der Waals surface area contributed by atoms with Crippen molar-refractivity contribution in [1.29, 1.82) is 0 Å².